The van der Waals surface area contributed by atoms with Crippen molar-refractivity contribution in [3.8, 4) is 0 Å². The summed E-state index contributed by atoms with van der Waals surface area (Å²) in [7, 11) is 1.54. The molecule has 0 aliphatic heterocycles. The molecule has 8 heavy (non-hydrogen) atoms. The van der Waals surface area contributed by atoms with E-state index in [-0.39, 0.29) is 0 Å². The molecule has 0 bridgehead atoms. The van der Waals surface area contributed by atoms with Crippen LogP contribution < -0.4 is 0 Å². The van der Waals surface area contributed by atoms with Crippen LogP contribution in [0.1, 0.15) is 26.7 Å². The second kappa shape index (κ2) is 5.83. The van der Waals surface area contributed by atoms with Crippen LogP contribution >= 0.6 is 22.5 Å². The summed E-state index contributed by atoms with van der Waals surface area (Å²) in [6.07, 6.45) is 2.56. The van der Waals surface area contributed by atoms with Crippen LogP contribution in [0.5, 0.6) is 0 Å². The minimum atomic E-state index is 0.859. The van der Waals surface area contributed by atoms with Gasteiger partial charge in [0.05, 0.1) is 0 Å². The van der Waals surface area contributed by atoms with Gasteiger partial charge in [0.1, 0.15) is 0 Å². The molecular weight excluding hydrogens is 136 g/mol. The number of rotatable bonds is 4. The Morgan fingerprint density at radius 1 is 1.38 bits per heavy atom. The van der Waals surface area contributed by atoms with Gasteiger partial charge in [-0.25, -0.2) is 0 Å². The van der Waals surface area contributed by atoms with Crippen molar-refractivity contribution < 1.29 is 0 Å². The Balaban J connectivity index is 3.07. The lowest BCUT2D eigenvalue weighted by Crippen LogP contribution is -1.97. The van der Waals surface area contributed by atoms with E-state index in [1.165, 1.54) is 12.8 Å². The lowest BCUT2D eigenvalue weighted by Gasteiger charge is -2.06. The SMILES string of the molecule is CCC(CC)CS[S]. The van der Waals surface area contributed by atoms with Crippen LogP contribution in [0.4, 0.5) is 0 Å². The van der Waals surface area contributed by atoms with Gasteiger partial charge in [-0.05, 0) is 17.6 Å². The first-order valence-electron chi connectivity index (χ1n) is 3.09. The third kappa shape index (κ3) is 3.67. The van der Waals surface area contributed by atoms with E-state index in [9.17, 15) is 0 Å². The average Bonchev–Trinajstić information content (AvgIpc) is 1.83. The van der Waals surface area contributed by atoms with E-state index >= 15 is 0 Å². The van der Waals surface area contributed by atoms with Gasteiger partial charge in [-0.3, -0.25) is 0 Å². The predicted molar refractivity (Wildman–Crippen MR) is 44.1 cm³/mol. The molecule has 2 heteroatoms. The van der Waals surface area contributed by atoms with E-state index < -0.39 is 0 Å². The summed E-state index contributed by atoms with van der Waals surface area (Å²) < 4.78 is 0. The molecule has 0 heterocycles. The first-order valence-corrected chi connectivity index (χ1v) is 5.00. The van der Waals surface area contributed by atoms with Gasteiger partial charge in [0.15, 0.2) is 0 Å². The zero-order chi connectivity index (χ0) is 6.41. The van der Waals surface area contributed by atoms with Crippen molar-refractivity contribution in [2.45, 2.75) is 26.7 Å². The van der Waals surface area contributed by atoms with E-state index in [2.05, 4.69) is 13.8 Å². The minimum Gasteiger partial charge on any atom is -0.0814 e. The van der Waals surface area contributed by atoms with Crippen LogP contribution in [0.15, 0.2) is 0 Å². The fourth-order valence-electron chi connectivity index (χ4n) is 0.621. The van der Waals surface area contributed by atoms with Crippen molar-refractivity contribution in [2.75, 3.05) is 5.75 Å². The van der Waals surface area contributed by atoms with E-state index in [0.29, 0.717) is 0 Å². The molecule has 0 nitrogen and oxygen atoms in total. The Morgan fingerprint density at radius 2 is 1.88 bits per heavy atom. The molecule has 0 aliphatic carbocycles. The highest BCUT2D eigenvalue weighted by molar-refractivity contribution is 8.68. The van der Waals surface area contributed by atoms with Crippen molar-refractivity contribution in [3.63, 3.8) is 0 Å². The van der Waals surface area contributed by atoms with E-state index in [1.807, 2.05) is 0 Å². The Morgan fingerprint density at radius 3 is 2.00 bits per heavy atom. The van der Waals surface area contributed by atoms with E-state index in [0.717, 1.165) is 11.7 Å². The van der Waals surface area contributed by atoms with Gasteiger partial charge in [0.2, 0.25) is 0 Å². The molecule has 0 aromatic rings. The van der Waals surface area contributed by atoms with Crippen molar-refractivity contribution >= 4 is 22.5 Å². The molecular formula is C6H13S2. The quantitative estimate of drug-likeness (QED) is 0.553. The molecule has 0 saturated heterocycles. The topological polar surface area (TPSA) is 0 Å². The summed E-state index contributed by atoms with van der Waals surface area (Å²) in [4.78, 5) is 0. The van der Waals surface area contributed by atoms with Crippen LogP contribution in [-0.2, 0) is 0 Å². The van der Waals surface area contributed by atoms with Crippen LogP contribution in [0.2, 0.25) is 0 Å². The van der Waals surface area contributed by atoms with Gasteiger partial charge in [0.25, 0.3) is 0 Å². The second-order valence-electron chi connectivity index (χ2n) is 1.97. The second-order valence-corrected chi connectivity index (χ2v) is 3.24. The van der Waals surface area contributed by atoms with Crippen molar-refractivity contribution in [2.24, 2.45) is 5.92 Å². The highest BCUT2D eigenvalue weighted by Gasteiger charge is 2.00. The summed E-state index contributed by atoms with van der Waals surface area (Å²) >= 11 is 4.78. The fourth-order valence-corrected chi connectivity index (χ4v) is 1.86. The first-order chi connectivity index (χ1) is 3.85. The molecule has 0 saturated carbocycles. The summed E-state index contributed by atoms with van der Waals surface area (Å²) in [6.45, 7) is 4.44. The van der Waals surface area contributed by atoms with Crippen molar-refractivity contribution in [1.29, 1.82) is 0 Å². The Bertz CT molecular complexity index is 41.8. The molecule has 0 unspecified atom stereocenters. The van der Waals surface area contributed by atoms with E-state index in [1.54, 1.807) is 10.8 Å². The van der Waals surface area contributed by atoms with Crippen LogP contribution in [-0.4, -0.2) is 5.75 Å². The Kier molecular flexibility index (Phi) is 6.34. The zero-order valence-corrected chi connectivity index (χ0v) is 7.15. The molecule has 0 aromatic carbocycles. The molecule has 0 N–H and O–H groups in total. The van der Waals surface area contributed by atoms with E-state index in [4.69, 9.17) is 11.7 Å². The summed E-state index contributed by atoms with van der Waals surface area (Å²) in [5, 5.41) is 0. The summed E-state index contributed by atoms with van der Waals surface area (Å²) in [5.41, 5.74) is 0. The minimum absolute atomic E-state index is 0.859. The monoisotopic (exact) mass is 149 g/mol. The molecule has 0 amide bonds. The van der Waals surface area contributed by atoms with Gasteiger partial charge in [0, 0.05) is 5.75 Å². The molecule has 0 aliphatic rings. The van der Waals surface area contributed by atoms with Gasteiger partial charge in [-0.2, -0.15) is 0 Å². The lowest BCUT2D eigenvalue weighted by molar-refractivity contribution is 0.555. The normalized spacial score (nSPS) is 10.5. The summed E-state index contributed by atoms with van der Waals surface area (Å²) in [6, 6.07) is 0. The molecule has 0 aromatic heterocycles. The Labute approximate surface area is 61.2 Å². The van der Waals surface area contributed by atoms with Gasteiger partial charge >= 0.3 is 0 Å². The average molecular weight is 149 g/mol. The maximum atomic E-state index is 4.78. The fraction of sp³-hybridized carbons (Fsp3) is 1.00. The van der Waals surface area contributed by atoms with Gasteiger partial charge < -0.3 is 0 Å². The molecule has 49 valence electrons. The maximum Gasteiger partial charge on any atom is 0.00735 e. The highest BCUT2D eigenvalue weighted by Crippen LogP contribution is 2.16. The smallest absolute Gasteiger partial charge is 0.00735 e. The standard InChI is InChI=1S/C6H13S2/c1-3-6(4-2)5-8-7/h6H,3-5H2,1-2H3. The molecule has 0 spiro atoms. The largest absolute Gasteiger partial charge is 0.0814 e. The third-order valence-electron chi connectivity index (χ3n) is 1.46. The molecule has 0 atom stereocenters. The van der Waals surface area contributed by atoms with Crippen LogP contribution in [0.25, 0.3) is 0 Å². The van der Waals surface area contributed by atoms with Crippen molar-refractivity contribution in [1.82, 2.24) is 0 Å². The number of hydrogen-bond donors (Lipinski definition) is 0. The molecule has 0 rings (SSSR count). The van der Waals surface area contributed by atoms with Crippen molar-refractivity contribution in [3.05, 3.63) is 0 Å². The maximum absolute atomic E-state index is 4.78. The molecule has 1 radical (unpaired) electrons. The van der Waals surface area contributed by atoms with Crippen LogP contribution in [0, 0.1) is 5.92 Å². The first kappa shape index (κ1) is 8.70. The van der Waals surface area contributed by atoms with Gasteiger partial charge in [-0.1, -0.05) is 37.5 Å². The third-order valence-corrected chi connectivity index (χ3v) is 2.47. The molecule has 0 fully saturated rings. The van der Waals surface area contributed by atoms with Gasteiger partial charge in [-0.15, -0.1) is 0 Å². The van der Waals surface area contributed by atoms with Crippen LogP contribution in [0.3, 0.4) is 0 Å². The zero-order valence-electron chi connectivity index (χ0n) is 5.52. The lowest BCUT2D eigenvalue weighted by atomic mass is 10.1. The number of hydrogen-bond acceptors (Lipinski definition) is 1. The predicted octanol–water partition coefficient (Wildman–Crippen LogP) is 3.27. The summed E-state index contributed by atoms with van der Waals surface area (Å²) in [5.74, 6) is 2.01. The Hall–Kier alpha value is 0.700. The highest BCUT2D eigenvalue weighted by atomic mass is 33.1.